The number of hydrogen-bond donors (Lipinski definition) is 3. The van der Waals surface area contributed by atoms with Gasteiger partial charge in [0, 0.05) is 29.9 Å². The monoisotopic (exact) mass is 335 g/mol. The Morgan fingerprint density at radius 1 is 1.17 bits per heavy atom. The minimum Gasteiger partial charge on any atom is -0.381 e. The lowest BCUT2D eigenvalue weighted by molar-refractivity contribution is 0.0919. The van der Waals surface area contributed by atoms with E-state index in [1.54, 1.807) is 24.3 Å². The van der Waals surface area contributed by atoms with Crippen molar-refractivity contribution >= 4 is 11.6 Å². The van der Waals surface area contributed by atoms with Gasteiger partial charge in [0.2, 0.25) is 0 Å². The zero-order valence-corrected chi connectivity index (χ0v) is 15.3. The number of nitrogens with two attached hydrogens (primary N) is 1. The van der Waals surface area contributed by atoms with Crippen LogP contribution in [-0.4, -0.2) is 24.5 Å². The lowest BCUT2D eigenvalue weighted by Gasteiger charge is -2.20. The summed E-state index contributed by atoms with van der Waals surface area (Å²) in [6, 6.07) is 7.02. The van der Waals surface area contributed by atoms with E-state index in [4.69, 9.17) is 5.73 Å². The molecule has 0 aliphatic heterocycles. The van der Waals surface area contributed by atoms with Crippen molar-refractivity contribution in [3.05, 3.63) is 53.9 Å². The Morgan fingerprint density at radius 3 is 2.08 bits per heavy atom. The minimum absolute atomic E-state index is 0.115. The Labute approximate surface area is 145 Å². The number of carbonyl (C=O) groups excluding carboxylic acids is 1. The van der Waals surface area contributed by atoms with Crippen LogP contribution in [0, 0.1) is 0 Å². The molecule has 0 radical (unpaired) electrons. The van der Waals surface area contributed by atoms with E-state index in [9.17, 15) is 9.18 Å². The number of rotatable bonds is 5. The first-order valence-electron chi connectivity index (χ1n) is 7.99. The van der Waals surface area contributed by atoms with Gasteiger partial charge in [-0.2, -0.15) is 0 Å². The van der Waals surface area contributed by atoms with E-state index >= 15 is 0 Å². The van der Waals surface area contributed by atoms with Crippen molar-refractivity contribution in [2.75, 3.05) is 18.4 Å². The van der Waals surface area contributed by atoms with Crippen molar-refractivity contribution in [2.45, 2.75) is 40.2 Å². The molecule has 0 atom stereocenters. The van der Waals surface area contributed by atoms with Crippen molar-refractivity contribution in [2.24, 2.45) is 5.73 Å². The molecular weight excluding hydrogens is 305 g/mol. The van der Waals surface area contributed by atoms with Gasteiger partial charge in [0.1, 0.15) is 0 Å². The summed E-state index contributed by atoms with van der Waals surface area (Å²) >= 11 is 0. The third-order valence-electron chi connectivity index (χ3n) is 2.91. The van der Waals surface area contributed by atoms with Gasteiger partial charge in [-0.1, -0.05) is 12.2 Å². The fraction of sp³-hybridized carbons (Fsp3) is 0.421. The molecule has 5 heteroatoms. The van der Waals surface area contributed by atoms with Crippen LogP contribution in [0.1, 0.15) is 45.0 Å². The summed E-state index contributed by atoms with van der Waals surface area (Å²) in [5, 5.41) is 5.93. The van der Waals surface area contributed by atoms with Gasteiger partial charge in [-0.15, -0.1) is 0 Å². The molecule has 1 rings (SSSR count). The van der Waals surface area contributed by atoms with Crippen molar-refractivity contribution in [3.8, 4) is 0 Å². The normalized spacial score (nSPS) is 11.7. The van der Waals surface area contributed by atoms with Crippen molar-refractivity contribution in [1.82, 2.24) is 5.32 Å². The van der Waals surface area contributed by atoms with Gasteiger partial charge in [0.15, 0.2) is 0 Å². The molecule has 4 N–H and O–H groups in total. The first-order chi connectivity index (χ1) is 11.3. The molecule has 134 valence electrons. The van der Waals surface area contributed by atoms with Gasteiger partial charge in [-0.25, -0.2) is 4.39 Å². The quantitative estimate of drug-likeness (QED) is 0.712. The molecule has 0 heterocycles. The molecule has 0 saturated heterocycles. The largest absolute Gasteiger partial charge is 0.381 e. The van der Waals surface area contributed by atoms with Crippen LogP contribution in [0.4, 0.5) is 10.1 Å². The number of carbonyl (C=O) groups is 1. The number of allylic oxidation sites excluding steroid dienone is 2. The lowest BCUT2D eigenvalue weighted by Crippen LogP contribution is -2.40. The number of hydrogen-bond acceptors (Lipinski definition) is 3. The Hall–Kier alpha value is -2.14. The summed E-state index contributed by atoms with van der Waals surface area (Å²) in [4.78, 5) is 11.9. The second-order valence-corrected chi connectivity index (χ2v) is 6.27. The number of nitrogens with one attached hydrogen (secondary N) is 2. The molecule has 1 aromatic carbocycles. The second-order valence-electron chi connectivity index (χ2n) is 6.27. The highest BCUT2D eigenvalue weighted by atomic mass is 19.1. The zero-order valence-electron chi connectivity index (χ0n) is 15.3. The van der Waals surface area contributed by atoms with E-state index in [-0.39, 0.29) is 18.0 Å². The van der Waals surface area contributed by atoms with E-state index in [0.717, 1.165) is 5.69 Å². The summed E-state index contributed by atoms with van der Waals surface area (Å²) < 4.78 is 12.4. The summed E-state index contributed by atoms with van der Waals surface area (Å²) in [7, 11) is 0. The highest BCUT2D eigenvalue weighted by Gasteiger charge is 2.14. The topological polar surface area (TPSA) is 67.2 Å². The van der Waals surface area contributed by atoms with Crippen LogP contribution < -0.4 is 16.4 Å². The highest BCUT2D eigenvalue weighted by molar-refractivity contribution is 5.94. The standard InChI is InChI=1S/C15H22FN3O.C4H8/c1-15(2,3)19-14(20)12-4-6-13(7-5-12)18-10-11(8-16)9-17;1-3-4-2/h4-8,18H,9-10,17H2,1-3H3,(H,19,20);3-4H,1-2H3/b11-8-;4-3-. The molecule has 1 amide bonds. The zero-order chi connectivity index (χ0) is 18.6. The SMILES string of the molecule is C/C=C\C.CC(C)(C)NC(=O)c1ccc(NC/C(=C\F)CN)cc1. The van der Waals surface area contributed by atoms with Gasteiger partial charge >= 0.3 is 0 Å². The molecule has 0 aromatic heterocycles. The highest BCUT2D eigenvalue weighted by Crippen LogP contribution is 2.11. The molecule has 0 aliphatic rings. The second kappa shape index (κ2) is 11.4. The average molecular weight is 335 g/mol. The first kappa shape index (κ1) is 21.9. The third-order valence-corrected chi connectivity index (χ3v) is 2.91. The Kier molecular flexibility index (Phi) is 10.4. The molecule has 0 aliphatic carbocycles. The van der Waals surface area contributed by atoms with E-state index in [2.05, 4.69) is 10.6 Å². The summed E-state index contributed by atoms with van der Waals surface area (Å²) in [6.45, 7) is 10.3. The summed E-state index contributed by atoms with van der Waals surface area (Å²) in [5.41, 5.74) is 6.99. The Morgan fingerprint density at radius 2 is 1.71 bits per heavy atom. The van der Waals surface area contributed by atoms with Crippen LogP contribution in [0.5, 0.6) is 0 Å². The summed E-state index contributed by atoms with van der Waals surface area (Å²) in [5.74, 6) is -0.115. The molecule has 4 nitrogen and oxygen atoms in total. The molecule has 0 saturated carbocycles. The number of halogens is 1. The fourth-order valence-corrected chi connectivity index (χ4v) is 1.52. The van der Waals surface area contributed by atoms with Gasteiger partial charge in [0.05, 0.1) is 6.33 Å². The van der Waals surface area contributed by atoms with Gasteiger partial charge in [0.25, 0.3) is 5.91 Å². The summed E-state index contributed by atoms with van der Waals surface area (Å²) in [6.07, 6.45) is 4.51. The van der Waals surface area contributed by atoms with Crippen LogP contribution in [-0.2, 0) is 0 Å². The predicted octanol–water partition coefficient (Wildman–Crippen LogP) is 4.02. The molecule has 0 bridgehead atoms. The molecule has 0 unspecified atom stereocenters. The third kappa shape index (κ3) is 9.79. The number of amides is 1. The van der Waals surface area contributed by atoms with E-state index in [0.29, 0.717) is 24.0 Å². The van der Waals surface area contributed by atoms with E-state index in [1.807, 2.05) is 46.8 Å². The molecule has 24 heavy (non-hydrogen) atoms. The molecule has 1 aromatic rings. The fourth-order valence-electron chi connectivity index (χ4n) is 1.52. The molecule has 0 spiro atoms. The average Bonchev–Trinajstić information content (AvgIpc) is 2.55. The van der Waals surface area contributed by atoms with Crippen molar-refractivity contribution in [3.63, 3.8) is 0 Å². The number of benzene rings is 1. The van der Waals surface area contributed by atoms with E-state index < -0.39 is 0 Å². The van der Waals surface area contributed by atoms with Crippen molar-refractivity contribution < 1.29 is 9.18 Å². The maximum Gasteiger partial charge on any atom is 0.251 e. The Bertz CT molecular complexity index is 539. The predicted molar refractivity (Wildman–Crippen MR) is 101 cm³/mol. The van der Waals surface area contributed by atoms with Crippen LogP contribution in [0.25, 0.3) is 0 Å². The first-order valence-corrected chi connectivity index (χ1v) is 7.99. The maximum absolute atomic E-state index is 12.4. The van der Waals surface area contributed by atoms with Gasteiger partial charge < -0.3 is 16.4 Å². The van der Waals surface area contributed by atoms with Crippen LogP contribution in [0.15, 0.2) is 48.3 Å². The van der Waals surface area contributed by atoms with E-state index in [1.165, 1.54) is 0 Å². The van der Waals surface area contributed by atoms with Crippen molar-refractivity contribution in [1.29, 1.82) is 0 Å². The lowest BCUT2D eigenvalue weighted by atomic mass is 10.1. The van der Waals surface area contributed by atoms with Crippen LogP contribution in [0.2, 0.25) is 0 Å². The maximum atomic E-state index is 12.4. The minimum atomic E-state index is -0.268. The molecule has 0 fully saturated rings. The van der Waals surface area contributed by atoms with Gasteiger partial charge in [-0.3, -0.25) is 4.79 Å². The van der Waals surface area contributed by atoms with Gasteiger partial charge in [-0.05, 0) is 64.5 Å². The van der Waals surface area contributed by atoms with Crippen LogP contribution in [0.3, 0.4) is 0 Å². The Balaban J connectivity index is 0.00000118. The smallest absolute Gasteiger partial charge is 0.251 e. The molecular formula is C19H30FN3O. The van der Waals surface area contributed by atoms with Crippen LogP contribution >= 0.6 is 0 Å². The number of anilines is 1.